The van der Waals surface area contributed by atoms with Crippen molar-refractivity contribution in [2.45, 2.75) is 18.2 Å². The number of alkyl halides is 1. The Balaban J connectivity index is 2.57. The van der Waals surface area contributed by atoms with E-state index in [2.05, 4.69) is 4.98 Å². The SMILES string of the molecule is COc1ccc(C(Cl)CCC(=O)O)cn1. The summed E-state index contributed by atoms with van der Waals surface area (Å²) in [4.78, 5) is 14.3. The highest BCUT2D eigenvalue weighted by Gasteiger charge is 2.10. The lowest BCUT2D eigenvalue weighted by Gasteiger charge is -2.08. The molecule has 1 atom stereocenters. The van der Waals surface area contributed by atoms with E-state index in [1.807, 2.05) is 0 Å². The molecule has 0 aliphatic carbocycles. The second-order valence-electron chi connectivity index (χ2n) is 3.03. The molecule has 0 bridgehead atoms. The Morgan fingerprint density at radius 2 is 2.40 bits per heavy atom. The molecule has 1 unspecified atom stereocenters. The lowest BCUT2D eigenvalue weighted by atomic mass is 10.1. The number of halogens is 1. The fourth-order valence-electron chi connectivity index (χ4n) is 1.11. The van der Waals surface area contributed by atoms with Crippen LogP contribution >= 0.6 is 11.6 Å². The van der Waals surface area contributed by atoms with Crippen LogP contribution in [0.3, 0.4) is 0 Å². The molecule has 1 aromatic heterocycles. The molecule has 0 aromatic carbocycles. The van der Waals surface area contributed by atoms with Gasteiger partial charge < -0.3 is 9.84 Å². The Morgan fingerprint density at radius 3 is 2.87 bits per heavy atom. The van der Waals surface area contributed by atoms with E-state index in [0.29, 0.717) is 12.3 Å². The van der Waals surface area contributed by atoms with Crippen molar-refractivity contribution in [3.63, 3.8) is 0 Å². The number of hydrogen-bond acceptors (Lipinski definition) is 3. The molecular formula is C10H12ClNO3. The van der Waals surface area contributed by atoms with Crippen LogP contribution in [0.25, 0.3) is 0 Å². The summed E-state index contributed by atoms with van der Waals surface area (Å²) in [5.74, 6) is -0.331. The lowest BCUT2D eigenvalue weighted by Crippen LogP contribution is -1.99. The number of carboxylic acids is 1. The summed E-state index contributed by atoms with van der Waals surface area (Å²) in [6.45, 7) is 0. The first kappa shape index (κ1) is 11.8. The number of carboxylic acid groups (broad SMARTS) is 1. The van der Waals surface area contributed by atoms with Gasteiger partial charge in [-0.15, -0.1) is 11.6 Å². The summed E-state index contributed by atoms with van der Waals surface area (Å²) in [5, 5.41) is 8.18. The Bertz CT molecular complexity index is 326. The third kappa shape index (κ3) is 3.75. The summed E-state index contributed by atoms with van der Waals surface area (Å²) in [6, 6.07) is 3.48. The predicted octanol–water partition coefficient (Wildman–Crippen LogP) is 2.23. The molecule has 1 aromatic rings. The molecule has 82 valence electrons. The first-order chi connectivity index (χ1) is 7.13. The molecule has 0 saturated heterocycles. The maximum atomic E-state index is 10.3. The van der Waals surface area contributed by atoms with Crippen LogP contribution in [0, 0.1) is 0 Å². The van der Waals surface area contributed by atoms with Crippen molar-refractivity contribution in [2.24, 2.45) is 0 Å². The van der Waals surface area contributed by atoms with Crippen molar-refractivity contribution in [1.29, 1.82) is 0 Å². The molecule has 0 saturated carbocycles. The van der Waals surface area contributed by atoms with Gasteiger partial charge in [0.25, 0.3) is 0 Å². The summed E-state index contributed by atoms with van der Waals surface area (Å²) < 4.78 is 4.90. The monoisotopic (exact) mass is 229 g/mol. The molecule has 0 aliphatic heterocycles. The van der Waals surface area contributed by atoms with E-state index < -0.39 is 5.97 Å². The maximum absolute atomic E-state index is 10.3. The van der Waals surface area contributed by atoms with Crippen LogP contribution in [0.15, 0.2) is 18.3 Å². The number of aliphatic carboxylic acids is 1. The highest BCUT2D eigenvalue weighted by molar-refractivity contribution is 6.20. The number of pyridine rings is 1. The van der Waals surface area contributed by atoms with Gasteiger partial charge in [-0.05, 0) is 12.0 Å². The fourth-order valence-corrected chi connectivity index (χ4v) is 1.35. The molecule has 0 amide bonds. The largest absolute Gasteiger partial charge is 0.481 e. The number of nitrogens with zero attached hydrogens (tertiary/aromatic N) is 1. The highest BCUT2D eigenvalue weighted by Crippen LogP contribution is 2.25. The van der Waals surface area contributed by atoms with Gasteiger partial charge in [-0.25, -0.2) is 4.98 Å². The van der Waals surface area contributed by atoms with Gasteiger partial charge in [-0.1, -0.05) is 6.07 Å². The number of hydrogen-bond donors (Lipinski definition) is 1. The van der Waals surface area contributed by atoms with Crippen LogP contribution in [0.4, 0.5) is 0 Å². The lowest BCUT2D eigenvalue weighted by molar-refractivity contribution is -0.137. The fraction of sp³-hybridized carbons (Fsp3) is 0.400. The van der Waals surface area contributed by atoms with Crippen molar-refractivity contribution in [3.05, 3.63) is 23.9 Å². The van der Waals surface area contributed by atoms with Gasteiger partial charge in [0.15, 0.2) is 0 Å². The standard InChI is InChI=1S/C10H12ClNO3/c1-15-9-4-2-7(6-12-9)8(11)3-5-10(13)14/h2,4,6,8H,3,5H2,1H3,(H,13,14). The molecule has 0 radical (unpaired) electrons. The van der Waals surface area contributed by atoms with Gasteiger partial charge in [-0.3, -0.25) is 4.79 Å². The molecule has 4 nitrogen and oxygen atoms in total. The van der Waals surface area contributed by atoms with E-state index in [1.165, 1.54) is 7.11 Å². The third-order valence-corrected chi connectivity index (χ3v) is 2.41. The summed E-state index contributed by atoms with van der Waals surface area (Å²) in [6.07, 6.45) is 2.05. The Hall–Kier alpha value is -1.29. The molecule has 0 spiro atoms. The van der Waals surface area contributed by atoms with Crippen LogP contribution in [0.1, 0.15) is 23.8 Å². The zero-order valence-electron chi connectivity index (χ0n) is 8.31. The van der Waals surface area contributed by atoms with Gasteiger partial charge in [0.05, 0.1) is 12.5 Å². The van der Waals surface area contributed by atoms with Gasteiger partial charge >= 0.3 is 5.97 Å². The second kappa shape index (κ2) is 5.56. The van der Waals surface area contributed by atoms with Crippen LogP contribution in [-0.4, -0.2) is 23.2 Å². The molecule has 15 heavy (non-hydrogen) atoms. The van der Waals surface area contributed by atoms with Crippen LogP contribution < -0.4 is 4.74 Å². The summed E-state index contributed by atoms with van der Waals surface area (Å²) in [7, 11) is 1.53. The minimum atomic E-state index is -0.845. The first-order valence-corrected chi connectivity index (χ1v) is 4.93. The Labute approximate surface area is 92.8 Å². The van der Waals surface area contributed by atoms with Gasteiger partial charge in [0.1, 0.15) is 0 Å². The number of aromatic nitrogens is 1. The van der Waals surface area contributed by atoms with Crippen molar-refractivity contribution in [3.8, 4) is 5.88 Å². The van der Waals surface area contributed by atoms with Crippen molar-refractivity contribution in [1.82, 2.24) is 4.98 Å². The van der Waals surface area contributed by atoms with E-state index in [-0.39, 0.29) is 11.8 Å². The van der Waals surface area contributed by atoms with Crippen molar-refractivity contribution >= 4 is 17.6 Å². The van der Waals surface area contributed by atoms with Crippen LogP contribution in [0.2, 0.25) is 0 Å². The summed E-state index contributed by atoms with van der Waals surface area (Å²) in [5.41, 5.74) is 0.804. The molecular weight excluding hydrogens is 218 g/mol. The van der Waals surface area contributed by atoms with Crippen molar-refractivity contribution in [2.75, 3.05) is 7.11 Å². The zero-order chi connectivity index (χ0) is 11.3. The number of rotatable bonds is 5. The van der Waals surface area contributed by atoms with E-state index in [0.717, 1.165) is 5.56 Å². The number of ether oxygens (including phenoxy) is 1. The quantitative estimate of drug-likeness (QED) is 0.787. The van der Waals surface area contributed by atoms with E-state index in [9.17, 15) is 4.79 Å². The second-order valence-corrected chi connectivity index (χ2v) is 3.56. The summed E-state index contributed by atoms with van der Waals surface area (Å²) >= 11 is 6.00. The van der Waals surface area contributed by atoms with Crippen LogP contribution in [-0.2, 0) is 4.79 Å². The topological polar surface area (TPSA) is 59.4 Å². The van der Waals surface area contributed by atoms with Crippen molar-refractivity contribution < 1.29 is 14.6 Å². The van der Waals surface area contributed by atoms with E-state index >= 15 is 0 Å². The molecule has 1 rings (SSSR count). The minimum Gasteiger partial charge on any atom is -0.481 e. The van der Waals surface area contributed by atoms with Gasteiger partial charge in [0, 0.05) is 18.7 Å². The first-order valence-electron chi connectivity index (χ1n) is 4.49. The third-order valence-electron chi connectivity index (χ3n) is 1.94. The van der Waals surface area contributed by atoms with Gasteiger partial charge in [-0.2, -0.15) is 0 Å². The smallest absolute Gasteiger partial charge is 0.303 e. The Morgan fingerprint density at radius 1 is 1.67 bits per heavy atom. The molecule has 5 heteroatoms. The Kier molecular flexibility index (Phi) is 4.37. The van der Waals surface area contributed by atoms with E-state index in [4.69, 9.17) is 21.4 Å². The number of carbonyl (C=O) groups is 1. The average molecular weight is 230 g/mol. The average Bonchev–Trinajstić information content (AvgIpc) is 2.26. The predicted molar refractivity (Wildman–Crippen MR) is 56.3 cm³/mol. The van der Waals surface area contributed by atoms with E-state index in [1.54, 1.807) is 18.3 Å². The highest BCUT2D eigenvalue weighted by atomic mass is 35.5. The van der Waals surface area contributed by atoms with Gasteiger partial charge in [0.2, 0.25) is 5.88 Å². The molecule has 1 heterocycles. The molecule has 0 aliphatic rings. The normalized spacial score (nSPS) is 12.1. The molecule has 0 fully saturated rings. The molecule has 1 N–H and O–H groups in total. The maximum Gasteiger partial charge on any atom is 0.303 e. The van der Waals surface area contributed by atoms with Crippen LogP contribution in [0.5, 0.6) is 5.88 Å². The zero-order valence-corrected chi connectivity index (χ0v) is 9.07. The minimum absolute atomic E-state index is 0.0557. The number of methoxy groups -OCH3 is 1.